The van der Waals surface area contributed by atoms with Gasteiger partial charge in [-0.15, -0.1) is 11.8 Å². The Labute approximate surface area is 161 Å². The maximum atomic E-state index is 12.8. The molecule has 2 amide bonds. The SMILES string of the molecule is CCCN1C(=O)C(SCc2ccccc2)=C(c2ccc([N+](=O)[O-])cc2)C1=O. The molecule has 3 rings (SSSR count). The number of carbonyl (C=O) groups excluding carboxylic acids is 2. The summed E-state index contributed by atoms with van der Waals surface area (Å²) in [6, 6.07) is 15.4. The van der Waals surface area contributed by atoms with Gasteiger partial charge in [0.25, 0.3) is 17.5 Å². The molecule has 1 heterocycles. The lowest BCUT2D eigenvalue weighted by Gasteiger charge is -2.13. The normalized spacial score (nSPS) is 14.2. The molecule has 0 radical (unpaired) electrons. The number of benzene rings is 2. The van der Waals surface area contributed by atoms with Crippen molar-refractivity contribution in [3.8, 4) is 0 Å². The lowest BCUT2D eigenvalue weighted by Crippen LogP contribution is -2.32. The zero-order valence-electron chi connectivity index (χ0n) is 14.8. The number of non-ortho nitro benzene ring substituents is 1. The summed E-state index contributed by atoms with van der Waals surface area (Å²) in [5.74, 6) is -0.0755. The van der Waals surface area contributed by atoms with Crippen molar-refractivity contribution in [1.82, 2.24) is 4.90 Å². The Hall–Kier alpha value is -2.93. The van der Waals surface area contributed by atoms with E-state index in [1.165, 1.54) is 40.9 Å². The van der Waals surface area contributed by atoms with Crippen molar-refractivity contribution in [2.75, 3.05) is 6.54 Å². The molecule has 1 aliphatic heterocycles. The first kappa shape index (κ1) is 18.8. The number of amides is 2. The summed E-state index contributed by atoms with van der Waals surface area (Å²) in [6.07, 6.45) is 0.668. The van der Waals surface area contributed by atoms with Gasteiger partial charge in [-0.3, -0.25) is 24.6 Å². The van der Waals surface area contributed by atoms with E-state index in [9.17, 15) is 19.7 Å². The highest BCUT2D eigenvalue weighted by molar-refractivity contribution is 8.03. The van der Waals surface area contributed by atoms with Gasteiger partial charge in [0.1, 0.15) is 0 Å². The van der Waals surface area contributed by atoms with Crippen LogP contribution < -0.4 is 0 Å². The third-order valence-corrected chi connectivity index (χ3v) is 5.31. The van der Waals surface area contributed by atoms with Crippen LogP contribution in [0.4, 0.5) is 5.69 Å². The molecule has 0 fully saturated rings. The number of imide groups is 1. The quantitative estimate of drug-likeness (QED) is 0.410. The van der Waals surface area contributed by atoms with Gasteiger partial charge < -0.3 is 0 Å². The molecule has 6 nitrogen and oxygen atoms in total. The fourth-order valence-electron chi connectivity index (χ4n) is 2.85. The first-order valence-corrected chi connectivity index (χ1v) is 9.53. The van der Waals surface area contributed by atoms with E-state index in [-0.39, 0.29) is 17.5 Å². The smallest absolute Gasteiger partial charge is 0.269 e. The molecule has 138 valence electrons. The van der Waals surface area contributed by atoms with E-state index in [2.05, 4.69) is 0 Å². The van der Waals surface area contributed by atoms with Crippen molar-refractivity contribution in [2.45, 2.75) is 19.1 Å². The first-order chi connectivity index (χ1) is 13.0. The van der Waals surface area contributed by atoms with Crippen molar-refractivity contribution in [3.05, 3.63) is 80.7 Å². The number of nitro benzene ring substituents is 1. The van der Waals surface area contributed by atoms with E-state index in [1.807, 2.05) is 37.3 Å². The molecule has 1 aliphatic rings. The number of hydrogen-bond acceptors (Lipinski definition) is 5. The Kier molecular flexibility index (Phi) is 5.71. The highest BCUT2D eigenvalue weighted by atomic mass is 32.2. The van der Waals surface area contributed by atoms with E-state index in [4.69, 9.17) is 0 Å². The molecule has 0 aliphatic carbocycles. The summed E-state index contributed by atoms with van der Waals surface area (Å²) in [4.78, 5) is 37.7. The van der Waals surface area contributed by atoms with Crippen LogP contribution in [0.2, 0.25) is 0 Å². The van der Waals surface area contributed by atoms with E-state index in [0.29, 0.717) is 34.8 Å². The highest BCUT2D eigenvalue weighted by Crippen LogP contribution is 2.37. The van der Waals surface area contributed by atoms with Gasteiger partial charge in [-0.25, -0.2) is 0 Å². The Balaban J connectivity index is 1.96. The molecular formula is C20H18N2O4S. The molecule has 0 aromatic heterocycles. The number of carbonyl (C=O) groups is 2. The Morgan fingerprint density at radius 3 is 2.26 bits per heavy atom. The van der Waals surface area contributed by atoms with Crippen LogP contribution in [-0.2, 0) is 15.3 Å². The fourth-order valence-corrected chi connectivity index (χ4v) is 3.94. The van der Waals surface area contributed by atoms with Crippen LogP contribution in [0.15, 0.2) is 59.5 Å². The van der Waals surface area contributed by atoms with Gasteiger partial charge in [0.05, 0.1) is 15.4 Å². The molecular weight excluding hydrogens is 364 g/mol. The van der Waals surface area contributed by atoms with Crippen molar-refractivity contribution < 1.29 is 14.5 Å². The Morgan fingerprint density at radius 2 is 1.67 bits per heavy atom. The number of nitrogens with zero attached hydrogens (tertiary/aromatic N) is 2. The summed E-state index contributed by atoms with van der Waals surface area (Å²) < 4.78 is 0. The second kappa shape index (κ2) is 8.18. The summed E-state index contributed by atoms with van der Waals surface area (Å²) >= 11 is 1.33. The second-order valence-electron chi connectivity index (χ2n) is 6.04. The van der Waals surface area contributed by atoms with Crippen molar-refractivity contribution >= 4 is 34.8 Å². The van der Waals surface area contributed by atoms with Crippen molar-refractivity contribution in [3.63, 3.8) is 0 Å². The van der Waals surface area contributed by atoms with Crippen LogP contribution in [0, 0.1) is 10.1 Å². The van der Waals surface area contributed by atoms with Crippen molar-refractivity contribution in [2.24, 2.45) is 0 Å². The molecule has 0 N–H and O–H groups in total. The molecule has 7 heteroatoms. The molecule has 0 bridgehead atoms. The third kappa shape index (κ3) is 3.93. The number of rotatable bonds is 7. The van der Waals surface area contributed by atoms with Crippen molar-refractivity contribution in [1.29, 1.82) is 0 Å². The van der Waals surface area contributed by atoms with Gasteiger partial charge in [0.2, 0.25) is 0 Å². The Morgan fingerprint density at radius 1 is 1.00 bits per heavy atom. The van der Waals surface area contributed by atoms with Crippen LogP contribution in [-0.4, -0.2) is 28.2 Å². The summed E-state index contributed by atoms with van der Waals surface area (Å²) in [5.41, 5.74) is 1.84. The fraction of sp³-hybridized carbons (Fsp3) is 0.200. The second-order valence-corrected chi connectivity index (χ2v) is 7.03. The average molecular weight is 382 g/mol. The average Bonchev–Trinajstić information content (AvgIpc) is 2.92. The lowest BCUT2D eigenvalue weighted by molar-refractivity contribution is -0.384. The predicted octanol–water partition coefficient (Wildman–Crippen LogP) is 4.02. The molecule has 0 unspecified atom stereocenters. The summed E-state index contributed by atoms with van der Waals surface area (Å²) in [7, 11) is 0. The van der Waals surface area contributed by atoms with Gasteiger partial charge in [-0.2, -0.15) is 0 Å². The lowest BCUT2D eigenvalue weighted by atomic mass is 10.1. The minimum atomic E-state index is -0.492. The molecule has 0 spiro atoms. The molecule has 0 saturated carbocycles. The number of hydrogen-bond donors (Lipinski definition) is 0. The molecule has 2 aromatic rings. The monoisotopic (exact) mass is 382 g/mol. The van der Waals surface area contributed by atoms with Gasteiger partial charge in [-0.1, -0.05) is 37.3 Å². The molecule has 27 heavy (non-hydrogen) atoms. The van der Waals surface area contributed by atoms with E-state index in [1.54, 1.807) is 0 Å². The van der Waals surface area contributed by atoms with E-state index < -0.39 is 4.92 Å². The predicted molar refractivity (Wildman–Crippen MR) is 105 cm³/mol. The number of nitro groups is 1. The third-order valence-electron chi connectivity index (χ3n) is 4.17. The molecule has 0 saturated heterocycles. The topological polar surface area (TPSA) is 80.5 Å². The molecule has 2 aromatic carbocycles. The van der Waals surface area contributed by atoms with Crippen LogP contribution in [0.25, 0.3) is 5.57 Å². The molecule has 0 atom stereocenters. The van der Waals surface area contributed by atoms with Gasteiger partial charge in [0, 0.05) is 24.4 Å². The summed E-state index contributed by atoms with van der Waals surface area (Å²) in [5, 5.41) is 10.9. The largest absolute Gasteiger partial charge is 0.274 e. The zero-order valence-corrected chi connectivity index (χ0v) is 15.6. The highest BCUT2D eigenvalue weighted by Gasteiger charge is 2.38. The first-order valence-electron chi connectivity index (χ1n) is 8.55. The maximum Gasteiger partial charge on any atom is 0.269 e. The summed E-state index contributed by atoms with van der Waals surface area (Å²) in [6.45, 7) is 2.25. The number of thioether (sulfide) groups is 1. The van der Waals surface area contributed by atoms with Crippen LogP contribution in [0.3, 0.4) is 0 Å². The van der Waals surface area contributed by atoms with E-state index in [0.717, 1.165) is 5.56 Å². The van der Waals surface area contributed by atoms with Crippen LogP contribution in [0.5, 0.6) is 0 Å². The van der Waals surface area contributed by atoms with Gasteiger partial charge in [-0.05, 0) is 29.7 Å². The minimum absolute atomic E-state index is 0.0555. The minimum Gasteiger partial charge on any atom is -0.274 e. The standard InChI is InChI=1S/C20H18N2O4S/c1-2-12-21-19(23)17(15-8-10-16(11-9-15)22(25)26)18(20(21)24)27-13-14-6-4-3-5-7-14/h3-11H,2,12-13H2,1H3. The van der Waals surface area contributed by atoms with Crippen LogP contribution >= 0.6 is 11.8 Å². The van der Waals surface area contributed by atoms with E-state index >= 15 is 0 Å². The van der Waals surface area contributed by atoms with Gasteiger partial charge in [0.15, 0.2) is 0 Å². The zero-order chi connectivity index (χ0) is 19.4. The Bertz CT molecular complexity index is 907. The van der Waals surface area contributed by atoms with Crippen LogP contribution in [0.1, 0.15) is 24.5 Å². The maximum absolute atomic E-state index is 12.8. The van der Waals surface area contributed by atoms with Gasteiger partial charge >= 0.3 is 0 Å².